The van der Waals surface area contributed by atoms with Gasteiger partial charge in [0, 0.05) is 13.1 Å². The van der Waals surface area contributed by atoms with Gasteiger partial charge in [0.05, 0.1) is 6.54 Å². The van der Waals surface area contributed by atoms with Crippen LogP contribution in [0.25, 0.3) is 0 Å². The van der Waals surface area contributed by atoms with Gasteiger partial charge in [0.15, 0.2) is 6.10 Å². The SMILES string of the molecule is O=C(O)C(O)CN1CCNC1=O. The van der Waals surface area contributed by atoms with Crippen LogP contribution in [-0.4, -0.2) is 52.9 Å². The Hall–Kier alpha value is -1.30. The first-order valence-corrected chi connectivity index (χ1v) is 3.55. The fraction of sp³-hybridized carbons (Fsp3) is 0.667. The van der Waals surface area contributed by atoms with E-state index in [2.05, 4.69) is 5.32 Å². The van der Waals surface area contributed by atoms with Crippen LogP contribution < -0.4 is 5.32 Å². The zero-order chi connectivity index (χ0) is 9.14. The summed E-state index contributed by atoms with van der Waals surface area (Å²) in [6.07, 6.45) is -1.49. The summed E-state index contributed by atoms with van der Waals surface area (Å²) in [6, 6.07) is -0.324. The van der Waals surface area contributed by atoms with Crippen LogP contribution in [0.2, 0.25) is 0 Å². The second-order valence-electron chi connectivity index (χ2n) is 2.53. The number of carbonyl (C=O) groups is 2. The maximum absolute atomic E-state index is 10.8. The van der Waals surface area contributed by atoms with Gasteiger partial charge in [0.25, 0.3) is 0 Å². The van der Waals surface area contributed by atoms with Gasteiger partial charge >= 0.3 is 12.0 Å². The predicted octanol–water partition coefficient (Wildman–Crippen LogP) is -1.54. The van der Waals surface area contributed by atoms with Gasteiger partial charge in [-0.3, -0.25) is 0 Å². The number of hydrogen-bond donors (Lipinski definition) is 3. The molecular weight excluding hydrogens is 164 g/mol. The van der Waals surface area contributed by atoms with E-state index in [0.717, 1.165) is 0 Å². The Kier molecular flexibility index (Phi) is 2.49. The minimum Gasteiger partial charge on any atom is -0.479 e. The summed E-state index contributed by atoms with van der Waals surface area (Å²) in [4.78, 5) is 22.3. The smallest absolute Gasteiger partial charge is 0.334 e. The zero-order valence-corrected chi connectivity index (χ0v) is 6.36. The number of carboxylic acid groups (broad SMARTS) is 1. The van der Waals surface area contributed by atoms with E-state index < -0.39 is 12.1 Å². The third-order valence-electron chi connectivity index (χ3n) is 1.62. The number of β-amino-alcohol motifs (C(OH)–C–C–N with tert-alkyl or cyclic N) is 1. The second kappa shape index (κ2) is 3.40. The molecule has 0 bridgehead atoms. The molecule has 0 saturated carbocycles. The summed E-state index contributed by atoms with van der Waals surface area (Å²) in [5.41, 5.74) is 0. The van der Waals surface area contributed by atoms with Crippen molar-refractivity contribution < 1.29 is 19.8 Å². The lowest BCUT2D eigenvalue weighted by molar-refractivity contribution is -0.147. The number of urea groups is 1. The molecule has 1 atom stereocenters. The van der Waals surface area contributed by atoms with E-state index in [1.165, 1.54) is 4.90 Å². The van der Waals surface area contributed by atoms with E-state index in [0.29, 0.717) is 13.1 Å². The highest BCUT2D eigenvalue weighted by atomic mass is 16.4. The van der Waals surface area contributed by atoms with Crippen LogP contribution in [0.15, 0.2) is 0 Å². The summed E-state index contributed by atoms with van der Waals surface area (Å²) in [6.45, 7) is 0.801. The Bertz CT molecular complexity index is 206. The summed E-state index contributed by atoms with van der Waals surface area (Å²) in [5, 5.41) is 19.7. The van der Waals surface area contributed by atoms with Crippen molar-refractivity contribution in [2.75, 3.05) is 19.6 Å². The van der Waals surface area contributed by atoms with Crippen LogP contribution in [0, 0.1) is 0 Å². The average molecular weight is 174 g/mol. The lowest BCUT2D eigenvalue weighted by atomic mass is 10.3. The molecule has 0 aromatic heterocycles. The topological polar surface area (TPSA) is 89.9 Å². The third kappa shape index (κ3) is 1.85. The number of amides is 2. The van der Waals surface area contributed by atoms with Gasteiger partial charge in [-0.05, 0) is 0 Å². The van der Waals surface area contributed by atoms with Gasteiger partial charge in [0.1, 0.15) is 0 Å². The minimum absolute atomic E-state index is 0.152. The van der Waals surface area contributed by atoms with Crippen LogP contribution in [-0.2, 0) is 4.79 Å². The van der Waals surface area contributed by atoms with Crippen molar-refractivity contribution in [3.05, 3.63) is 0 Å². The van der Waals surface area contributed by atoms with E-state index in [1.807, 2.05) is 0 Å². The Balaban J connectivity index is 2.40. The molecule has 6 nitrogen and oxygen atoms in total. The highest BCUT2D eigenvalue weighted by Crippen LogP contribution is 1.98. The molecule has 1 aliphatic rings. The summed E-state index contributed by atoms with van der Waals surface area (Å²) >= 11 is 0. The normalized spacial score (nSPS) is 19.1. The molecule has 1 heterocycles. The summed E-state index contributed by atoms with van der Waals surface area (Å²) < 4.78 is 0. The maximum Gasteiger partial charge on any atom is 0.334 e. The molecule has 6 heteroatoms. The molecule has 1 fully saturated rings. The zero-order valence-electron chi connectivity index (χ0n) is 6.36. The van der Waals surface area contributed by atoms with Crippen LogP contribution in [0.1, 0.15) is 0 Å². The van der Waals surface area contributed by atoms with Gasteiger partial charge in [0.2, 0.25) is 0 Å². The number of aliphatic carboxylic acids is 1. The van der Waals surface area contributed by atoms with Crippen LogP contribution in [0.4, 0.5) is 4.79 Å². The average Bonchev–Trinajstić information content (AvgIpc) is 2.36. The van der Waals surface area contributed by atoms with Crippen LogP contribution in [0.5, 0.6) is 0 Å². The number of hydrogen-bond acceptors (Lipinski definition) is 3. The van der Waals surface area contributed by atoms with Crippen molar-refractivity contribution in [2.45, 2.75) is 6.10 Å². The van der Waals surface area contributed by atoms with Crippen molar-refractivity contribution in [2.24, 2.45) is 0 Å². The van der Waals surface area contributed by atoms with Crippen LogP contribution in [0.3, 0.4) is 0 Å². The Morgan fingerprint density at radius 1 is 1.75 bits per heavy atom. The number of nitrogens with zero attached hydrogens (tertiary/aromatic N) is 1. The summed E-state index contributed by atoms with van der Waals surface area (Å²) in [5.74, 6) is -1.31. The molecule has 2 amide bonds. The highest BCUT2D eigenvalue weighted by molar-refractivity contribution is 5.78. The first-order valence-electron chi connectivity index (χ1n) is 3.55. The molecule has 1 aliphatic heterocycles. The van der Waals surface area contributed by atoms with Crippen molar-refractivity contribution in [3.63, 3.8) is 0 Å². The molecule has 0 radical (unpaired) electrons. The van der Waals surface area contributed by atoms with Gasteiger partial charge in [-0.1, -0.05) is 0 Å². The number of carboxylic acids is 1. The maximum atomic E-state index is 10.8. The van der Waals surface area contributed by atoms with E-state index in [9.17, 15) is 9.59 Å². The monoisotopic (exact) mass is 174 g/mol. The standard InChI is InChI=1S/C6H10N2O4/c9-4(5(10)11)3-8-2-1-7-6(8)12/h4,9H,1-3H2,(H,7,12)(H,10,11). The number of aliphatic hydroxyl groups excluding tert-OH is 1. The van der Waals surface area contributed by atoms with Gasteiger partial charge < -0.3 is 20.4 Å². The molecule has 0 spiro atoms. The van der Waals surface area contributed by atoms with Crippen molar-refractivity contribution in [1.29, 1.82) is 0 Å². The molecule has 1 rings (SSSR count). The largest absolute Gasteiger partial charge is 0.479 e. The molecule has 1 saturated heterocycles. The van der Waals surface area contributed by atoms with Crippen molar-refractivity contribution >= 4 is 12.0 Å². The number of carbonyl (C=O) groups excluding carboxylic acids is 1. The van der Waals surface area contributed by atoms with E-state index in [1.54, 1.807) is 0 Å². The number of aliphatic hydroxyl groups is 1. The second-order valence-corrected chi connectivity index (χ2v) is 2.53. The molecule has 68 valence electrons. The molecule has 1 unspecified atom stereocenters. The van der Waals surface area contributed by atoms with Crippen molar-refractivity contribution in [3.8, 4) is 0 Å². The molecule has 3 N–H and O–H groups in total. The highest BCUT2D eigenvalue weighted by Gasteiger charge is 2.24. The van der Waals surface area contributed by atoms with E-state index in [-0.39, 0.29) is 12.6 Å². The summed E-state index contributed by atoms with van der Waals surface area (Å²) in [7, 11) is 0. The lowest BCUT2D eigenvalue weighted by Crippen LogP contribution is -2.38. The first-order chi connectivity index (χ1) is 5.61. The van der Waals surface area contributed by atoms with Gasteiger partial charge in [-0.15, -0.1) is 0 Å². The van der Waals surface area contributed by atoms with Gasteiger partial charge in [-0.2, -0.15) is 0 Å². The quantitative estimate of drug-likeness (QED) is 0.483. The fourth-order valence-electron chi connectivity index (χ4n) is 0.972. The Morgan fingerprint density at radius 2 is 2.42 bits per heavy atom. The van der Waals surface area contributed by atoms with E-state index in [4.69, 9.17) is 10.2 Å². The number of nitrogens with one attached hydrogen (secondary N) is 1. The molecule has 0 aromatic carbocycles. The third-order valence-corrected chi connectivity index (χ3v) is 1.62. The number of rotatable bonds is 3. The van der Waals surface area contributed by atoms with E-state index >= 15 is 0 Å². The predicted molar refractivity (Wildman–Crippen MR) is 38.6 cm³/mol. The fourth-order valence-corrected chi connectivity index (χ4v) is 0.972. The first kappa shape index (κ1) is 8.79. The minimum atomic E-state index is -1.49. The van der Waals surface area contributed by atoms with Gasteiger partial charge in [-0.25, -0.2) is 9.59 Å². The Labute approximate surface area is 68.8 Å². The van der Waals surface area contributed by atoms with Crippen LogP contribution >= 0.6 is 0 Å². The van der Waals surface area contributed by atoms with Crippen molar-refractivity contribution in [1.82, 2.24) is 10.2 Å². The lowest BCUT2D eigenvalue weighted by Gasteiger charge is -2.15. The molecular formula is C6H10N2O4. The Morgan fingerprint density at radius 3 is 2.83 bits per heavy atom. The molecule has 0 aromatic rings. The molecule has 12 heavy (non-hydrogen) atoms. The molecule has 0 aliphatic carbocycles.